The Balaban J connectivity index is 1.88. The monoisotopic (exact) mass is 390 g/mol. The number of H-pyrrole nitrogens is 2. The first kappa shape index (κ1) is 16.5. The first-order valence-corrected chi connectivity index (χ1v) is 9.51. The average Bonchev–Trinajstić information content (AvgIpc) is 3.32. The Morgan fingerprint density at radius 3 is 1.78 bits per heavy atom. The van der Waals surface area contributed by atoms with E-state index in [-0.39, 0.29) is 0 Å². The lowest BCUT2D eigenvalue weighted by molar-refractivity contribution is 0.898. The van der Waals surface area contributed by atoms with Crippen molar-refractivity contribution in [3.05, 3.63) is 107 Å². The highest BCUT2D eigenvalue weighted by Crippen LogP contribution is 2.48. The van der Waals surface area contributed by atoms with Gasteiger partial charge in [0.15, 0.2) is 0 Å². The largest absolute Gasteiger partial charge is 0.361 e. The summed E-state index contributed by atoms with van der Waals surface area (Å²) in [7, 11) is 0. The maximum atomic E-state index is 7.53. The van der Waals surface area contributed by atoms with Gasteiger partial charge in [-0.1, -0.05) is 60.1 Å². The van der Waals surface area contributed by atoms with Gasteiger partial charge in [0.1, 0.15) is 4.87 Å². The number of alkyl halides is 1. The van der Waals surface area contributed by atoms with Gasteiger partial charge in [-0.3, -0.25) is 0 Å². The van der Waals surface area contributed by atoms with Crippen LogP contribution in [-0.2, 0) is 4.87 Å². The predicted octanol–water partition coefficient (Wildman–Crippen LogP) is 6.83. The highest BCUT2D eigenvalue weighted by atomic mass is 35.5. The van der Waals surface area contributed by atoms with Gasteiger partial charge in [0.05, 0.1) is 0 Å². The first-order chi connectivity index (χ1) is 13.2. The Kier molecular flexibility index (Phi) is 3.78. The van der Waals surface area contributed by atoms with Gasteiger partial charge < -0.3 is 9.97 Å². The van der Waals surface area contributed by atoms with E-state index in [9.17, 15) is 0 Å². The Labute approximate surface area is 166 Å². The van der Waals surface area contributed by atoms with Crippen molar-refractivity contribution in [2.75, 3.05) is 0 Å². The second kappa shape index (κ2) is 6.19. The first-order valence-electron chi connectivity index (χ1n) is 8.76. The minimum atomic E-state index is -0.885. The summed E-state index contributed by atoms with van der Waals surface area (Å²) in [6, 6.07) is 24.2. The topological polar surface area (TPSA) is 31.6 Å². The van der Waals surface area contributed by atoms with Crippen LogP contribution >= 0.6 is 23.2 Å². The fourth-order valence-electron chi connectivity index (χ4n) is 3.87. The van der Waals surface area contributed by atoms with E-state index in [4.69, 9.17) is 23.2 Å². The van der Waals surface area contributed by atoms with E-state index in [1.807, 2.05) is 60.9 Å². The molecular weight excluding hydrogens is 375 g/mol. The summed E-state index contributed by atoms with van der Waals surface area (Å²) < 4.78 is 0. The number of fused-ring (bicyclic) bond motifs is 2. The minimum absolute atomic E-state index is 0.664. The van der Waals surface area contributed by atoms with Crippen LogP contribution in [0.25, 0.3) is 21.8 Å². The Morgan fingerprint density at radius 2 is 1.22 bits per heavy atom. The minimum Gasteiger partial charge on any atom is -0.361 e. The van der Waals surface area contributed by atoms with Crippen LogP contribution < -0.4 is 0 Å². The zero-order valence-electron chi connectivity index (χ0n) is 14.3. The van der Waals surface area contributed by atoms with Gasteiger partial charge in [0, 0.05) is 50.3 Å². The quantitative estimate of drug-likeness (QED) is 0.316. The zero-order valence-corrected chi connectivity index (χ0v) is 15.9. The molecule has 0 bridgehead atoms. The number of hydrogen-bond donors (Lipinski definition) is 2. The Hall–Kier alpha value is -2.68. The third kappa shape index (κ3) is 2.48. The van der Waals surface area contributed by atoms with Crippen LogP contribution in [0.15, 0.2) is 85.2 Å². The molecule has 0 unspecified atom stereocenters. The summed E-state index contributed by atoms with van der Waals surface area (Å²) in [6.45, 7) is 0. The molecule has 0 aliphatic heterocycles. The molecule has 0 fully saturated rings. The second-order valence-corrected chi connectivity index (χ2v) is 7.67. The average molecular weight is 391 g/mol. The van der Waals surface area contributed by atoms with E-state index in [0.29, 0.717) is 5.02 Å². The van der Waals surface area contributed by atoms with Crippen LogP contribution in [0.1, 0.15) is 16.7 Å². The van der Waals surface area contributed by atoms with E-state index in [0.717, 1.165) is 38.5 Å². The standard InChI is InChI=1S/C23H16Cl2N2/c24-16-7-5-6-15(12-16)23(25,19-13-26-21-10-3-1-8-17(19)21)20-14-27-22-11-4-2-9-18(20)22/h1-14,26-27H. The molecule has 4 heteroatoms. The third-order valence-electron chi connectivity index (χ3n) is 5.14. The molecule has 0 radical (unpaired) electrons. The number of aromatic nitrogens is 2. The van der Waals surface area contributed by atoms with Crippen LogP contribution in [0.5, 0.6) is 0 Å². The van der Waals surface area contributed by atoms with Crippen molar-refractivity contribution in [3.63, 3.8) is 0 Å². The summed E-state index contributed by atoms with van der Waals surface area (Å²) >= 11 is 13.9. The molecule has 0 spiro atoms. The lowest BCUT2D eigenvalue weighted by atomic mass is 9.84. The molecule has 0 saturated heterocycles. The van der Waals surface area contributed by atoms with Gasteiger partial charge in [-0.2, -0.15) is 0 Å². The molecule has 5 aromatic rings. The number of nitrogens with one attached hydrogen (secondary N) is 2. The molecule has 2 nitrogen and oxygen atoms in total. The van der Waals surface area contributed by atoms with Gasteiger partial charge >= 0.3 is 0 Å². The van der Waals surface area contributed by atoms with E-state index in [2.05, 4.69) is 34.2 Å². The number of para-hydroxylation sites is 2. The highest BCUT2D eigenvalue weighted by Gasteiger charge is 2.38. The molecule has 0 aliphatic carbocycles. The molecule has 0 aliphatic rings. The van der Waals surface area contributed by atoms with Gasteiger partial charge in [-0.15, -0.1) is 11.6 Å². The molecule has 0 amide bonds. The molecule has 5 rings (SSSR count). The van der Waals surface area contributed by atoms with Gasteiger partial charge in [0.2, 0.25) is 0 Å². The van der Waals surface area contributed by atoms with E-state index in [1.165, 1.54) is 0 Å². The van der Waals surface area contributed by atoms with E-state index in [1.54, 1.807) is 0 Å². The summed E-state index contributed by atoms with van der Waals surface area (Å²) in [6.07, 6.45) is 4.00. The van der Waals surface area contributed by atoms with Crippen molar-refractivity contribution in [1.82, 2.24) is 9.97 Å². The molecule has 2 aromatic heterocycles. The van der Waals surface area contributed by atoms with Gasteiger partial charge in [0.25, 0.3) is 0 Å². The Morgan fingerprint density at radius 1 is 0.667 bits per heavy atom. The number of hydrogen-bond acceptors (Lipinski definition) is 0. The lowest BCUT2D eigenvalue weighted by Gasteiger charge is -2.28. The molecule has 0 atom stereocenters. The molecule has 3 aromatic carbocycles. The SMILES string of the molecule is Clc1cccc(C(Cl)(c2c[nH]c3ccccc23)c2c[nH]c3ccccc23)c1. The van der Waals surface area contributed by atoms with Crippen LogP contribution in [0.3, 0.4) is 0 Å². The smallest absolute Gasteiger partial charge is 0.124 e. The van der Waals surface area contributed by atoms with E-state index < -0.39 is 4.87 Å². The number of benzene rings is 3. The Bertz CT molecular complexity index is 1190. The molecular formula is C23H16Cl2N2. The number of aromatic amines is 2. The number of halogens is 2. The predicted molar refractivity (Wildman–Crippen MR) is 114 cm³/mol. The van der Waals surface area contributed by atoms with Crippen LogP contribution in [0.4, 0.5) is 0 Å². The second-order valence-electron chi connectivity index (χ2n) is 6.66. The van der Waals surface area contributed by atoms with Crippen molar-refractivity contribution in [2.24, 2.45) is 0 Å². The lowest BCUT2D eigenvalue weighted by Crippen LogP contribution is -2.21. The van der Waals surface area contributed by atoms with Crippen LogP contribution in [0, 0.1) is 0 Å². The summed E-state index contributed by atoms with van der Waals surface area (Å²) in [4.78, 5) is 5.84. The molecule has 27 heavy (non-hydrogen) atoms. The summed E-state index contributed by atoms with van der Waals surface area (Å²) in [5.41, 5.74) is 5.06. The van der Waals surface area contributed by atoms with Crippen molar-refractivity contribution < 1.29 is 0 Å². The van der Waals surface area contributed by atoms with Crippen molar-refractivity contribution in [2.45, 2.75) is 4.87 Å². The highest BCUT2D eigenvalue weighted by molar-refractivity contribution is 6.32. The van der Waals surface area contributed by atoms with Crippen molar-refractivity contribution >= 4 is 45.0 Å². The molecule has 0 saturated carbocycles. The maximum Gasteiger partial charge on any atom is 0.124 e. The normalized spacial score (nSPS) is 12.1. The molecule has 2 N–H and O–H groups in total. The molecule has 132 valence electrons. The fourth-order valence-corrected chi connectivity index (χ4v) is 4.49. The number of rotatable bonds is 3. The van der Waals surface area contributed by atoms with Crippen molar-refractivity contribution in [3.8, 4) is 0 Å². The maximum absolute atomic E-state index is 7.53. The fraction of sp³-hybridized carbons (Fsp3) is 0.0435. The molecule has 2 heterocycles. The third-order valence-corrected chi connectivity index (χ3v) is 6.00. The van der Waals surface area contributed by atoms with Crippen LogP contribution in [-0.4, -0.2) is 9.97 Å². The zero-order chi connectivity index (χ0) is 18.4. The summed E-state index contributed by atoms with van der Waals surface area (Å²) in [5, 5.41) is 2.85. The van der Waals surface area contributed by atoms with Gasteiger partial charge in [-0.05, 0) is 29.8 Å². The summed E-state index contributed by atoms with van der Waals surface area (Å²) in [5.74, 6) is 0. The van der Waals surface area contributed by atoms with Crippen molar-refractivity contribution in [1.29, 1.82) is 0 Å². The van der Waals surface area contributed by atoms with Gasteiger partial charge in [-0.25, -0.2) is 0 Å². The van der Waals surface area contributed by atoms with E-state index >= 15 is 0 Å². The van der Waals surface area contributed by atoms with Crippen LogP contribution in [0.2, 0.25) is 5.02 Å².